The summed E-state index contributed by atoms with van der Waals surface area (Å²) in [4.78, 5) is 0. The predicted molar refractivity (Wildman–Crippen MR) is 97.4 cm³/mol. The number of nitrogens with zero attached hydrogens (tertiary/aromatic N) is 2. The van der Waals surface area contributed by atoms with Crippen molar-refractivity contribution in [1.82, 2.24) is 0 Å². The van der Waals surface area contributed by atoms with Crippen LogP contribution in [0, 0.1) is 37.9 Å². The molecule has 3 aromatic rings. The number of hydrogen-bond donors (Lipinski definition) is 0. The molecule has 0 spiro atoms. The fraction of sp³-hybridized carbons (Fsp3) is 0.182. The van der Waals surface area contributed by atoms with E-state index in [1.165, 1.54) is 6.07 Å². The van der Waals surface area contributed by atoms with Crippen LogP contribution < -0.4 is 4.57 Å². The Kier molecular flexibility index (Phi) is 4.37. The molecule has 0 N–H and O–H groups in total. The van der Waals surface area contributed by atoms with Gasteiger partial charge in [-0.2, -0.15) is 5.26 Å². The van der Waals surface area contributed by atoms with Gasteiger partial charge in [-0.15, -0.1) is 0 Å². The summed E-state index contributed by atoms with van der Waals surface area (Å²) < 4.78 is 16.2. The van der Waals surface area contributed by atoms with Gasteiger partial charge in [0, 0.05) is 17.7 Å². The molecule has 0 unspecified atom stereocenters. The normalized spacial score (nSPS) is 10.6. The van der Waals surface area contributed by atoms with Gasteiger partial charge < -0.3 is 0 Å². The monoisotopic (exact) mass is 331 g/mol. The summed E-state index contributed by atoms with van der Waals surface area (Å²) in [6, 6.07) is 15.3. The molecule has 1 heterocycles. The second kappa shape index (κ2) is 6.49. The van der Waals surface area contributed by atoms with Crippen LogP contribution in [0.3, 0.4) is 0 Å². The molecule has 0 bridgehead atoms. The zero-order chi connectivity index (χ0) is 18.1. The first kappa shape index (κ1) is 16.9. The van der Waals surface area contributed by atoms with Crippen LogP contribution >= 0.6 is 0 Å². The van der Waals surface area contributed by atoms with Crippen LogP contribution in [0.25, 0.3) is 22.4 Å². The molecule has 0 fully saturated rings. The van der Waals surface area contributed by atoms with E-state index in [2.05, 4.69) is 16.7 Å². The molecule has 0 saturated carbocycles. The van der Waals surface area contributed by atoms with Crippen LogP contribution in [-0.4, -0.2) is 0 Å². The lowest BCUT2D eigenvalue weighted by Crippen LogP contribution is -2.30. The molecule has 124 valence electrons. The minimum Gasteiger partial charge on any atom is -0.207 e. The number of rotatable bonds is 2. The van der Waals surface area contributed by atoms with Gasteiger partial charge >= 0.3 is 0 Å². The maximum atomic E-state index is 14.1. The third kappa shape index (κ3) is 2.81. The Morgan fingerprint density at radius 3 is 2.40 bits per heavy atom. The minimum absolute atomic E-state index is 0.256. The summed E-state index contributed by atoms with van der Waals surface area (Å²) in [6.45, 7) is 5.78. The second-order valence-corrected chi connectivity index (χ2v) is 6.34. The Bertz CT molecular complexity index is 1010. The van der Waals surface area contributed by atoms with Gasteiger partial charge in [0.05, 0.1) is 17.2 Å². The van der Waals surface area contributed by atoms with Gasteiger partial charge in [0.1, 0.15) is 12.9 Å². The highest BCUT2D eigenvalue weighted by molar-refractivity contribution is 5.84. The molecule has 2 aromatic carbocycles. The number of halogens is 1. The largest absolute Gasteiger partial charge is 0.212 e. The van der Waals surface area contributed by atoms with Gasteiger partial charge in [0.2, 0.25) is 5.69 Å². The Morgan fingerprint density at radius 1 is 0.960 bits per heavy atom. The number of hydrogen-bond acceptors (Lipinski definition) is 1. The Labute approximate surface area is 147 Å². The molecule has 0 radical (unpaired) electrons. The SMILES string of the molecule is Cc1cc(C#N)c(-c2cccc(F)c2C)c(C)c1-c1cccc[n+]1C. The third-order valence-electron chi connectivity index (χ3n) is 4.74. The summed E-state index contributed by atoms with van der Waals surface area (Å²) in [7, 11) is 2.00. The highest BCUT2D eigenvalue weighted by Crippen LogP contribution is 2.37. The summed E-state index contributed by atoms with van der Waals surface area (Å²) in [5, 5.41) is 9.66. The topological polar surface area (TPSA) is 27.7 Å². The van der Waals surface area contributed by atoms with E-state index in [4.69, 9.17) is 0 Å². The number of aryl methyl sites for hydroxylation is 2. The maximum Gasteiger partial charge on any atom is 0.212 e. The van der Waals surface area contributed by atoms with E-state index in [0.717, 1.165) is 33.5 Å². The molecule has 2 nitrogen and oxygen atoms in total. The average Bonchev–Trinajstić information content (AvgIpc) is 2.59. The fourth-order valence-electron chi connectivity index (χ4n) is 3.47. The Morgan fingerprint density at radius 2 is 1.72 bits per heavy atom. The molecule has 0 aliphatic heterocycles. The van der Waals surface area contributed by atoms with Crippen LogP contribution in [0.5, 0.6) is 0 Å². The van der Waals surface area contributed by atoms with Crippen LogP contribution in [0.4, 0.5) is 4.39 Å². The van der Waals surface area contributed by atoms with Gasteiger partial charge in [-0.25, -0.2) is 8.96 Å². The predicted octanol–water partition coefficient (Wildman–Crippen LogP) is 4.78. The summed E-state index contributed by atoms with van der Waals surface area (Å²) in [5.41, 5.74) is 6.90. The standard InChI is InChI=1S/C22H20FN2/c1-14-12-17(13-24)22(18-8-7-9-19(23)15(18)2)16(3)21(14)20-10-5-6-11-25(20)4/h5-12H,1-4H3/q+1. The molecule has 0 atom stereocenters. The first-order valence-corrected chi connectivity index (χ1v) is 8.20. The van der Waals surface area contributed by atoms with Crippen molar-refractivity contribution in [1.29, 1.82) is 5.26 Å². The number of pyridine rings is 1. The van der Waals surface area contributed by atoms with E-state index in [0.29, 0.717) is 11.1 Å². The quantitative estimate of drug-likeness (QED) is 0.621. The van der Waals surface area contributed by atoms with Crippen molar-refractivity contribution in [2.45, 2.75) is 20.8 Å². The van der Waals surface area contributed by atoms with Crippen molar-refractivity contribution in [2.75, 3.05) is 0 Å². The fourth-order valence-corrected chi connectivity index (χ4v) is 3.47. The summed E-state index contributed by atoms with van der Waals surface area (Å²) >= 11 is 0. The zero-order valence-corrected chi connectivity index (χ0v) is 14.9. The lowest BCUT2D eigenvalue weighted by molar-refractivity contribution is -0.660. The van der Waals surface area contributed by atoms with Gasteiger partial charge in [-0.3, -0.25) is 0 Å². The van der Waals surface area contributed by atoms with E-state index < -0.39 is 0 Å². The molecule has 0 saturated heterocycles. The van der Waals surface area contributed by atoms with E-state index in [-0.39, 0.29) is 5.82 Å². The maximum absolute atomic E-state index is 14.1. The zero-order valence-electron chi connectivity index (χ0n) is 14.9. The van der Waals surface area contributed by atoms with Crippen molar-refractivity contribution in [2.24, 2.45) is 7.05 Å². The van der Waals surface area contributed by atoms with Crippen LogP contribution in [0.1, 0.15) is 22.3 Å². The highest BCUT2D eigenvalue weighted by Gasteiger charge is 2.22. The molecule has 0 aliphatic carbocycles. The Balaban J connectivity index is 2.41. The molecule has 3 heteroatoms. The lowest BCUT2D eigenvalue weighted by atomic mass is 9.86. The van der Waals surface area contributed by atoms with Crippen LogP contribution in [0.15, 0.2) is 48.7 Å². The minimum atomic E-state index is -0.256. The molecular formula is C22H20FN2+. The van der Waals surface area contributed by atoms with Crippen molar-refractivity contribution < 1.29 is 8.96 Å². The van der Waals surface area contributed by atoms with Crippen molar-refractivity contribution >= 4 is 0 Å². The first-order valence-electron chi connectivity index (χ1n) is 8.20. The first-order chi connectivity index (χ1) is 12.0. The third-order valence-corrected chi connectivity index (χ3v) is 4.74. The Hall–Kier alpha value is -2.99. The smallest absolute Gasteiger partial charge is 0.207 e. The van der Waals surface area contributed by atoms with Crippen LogP contribution in [-0.2, 0) is 7.05 Å². The summed E-state index contributed by atoms with van der Waals surface area (Å²) in [6.07, 6.45) is 2.00. The molecule has 0 amide bonds. The van der Waals surface area contributed by atoms with E-state index >= 15 is 0 Å². The van der Waals surface area contributed by atoms with Gasteiger partial charge in [0.25, 0.3) is 0 Å². The molecule has 3 rings (SSSR count). The molecule has 0 aliphatic rings. The van der Waals surface area contributed by atoms with Crippen LogP contribution in [0.2, 0.25) is 0 Å². The van der Waals surface area contributed by atoms with E-state index in [9.17, 15) is 9.65 Å². The molecule has 1 aromatic heterocycles. The number of benzene rings is 2. The number of aromatic nitrogens is 1. The average molecular weight is 331 g/mol. The highest BCUT2D eigenvalue weighted by atomic mass is 19.1. The van der Waals surface area contributed by atoms with Gasteiger partial charge in [-0.1, -0.05) is 12.1 Å². The van der Waals surface area contributed by atoms with E-state index in [1.54, 1.807) is 13.0 Å². The number of nitriles is 1. The molecular weight excluding hydrogens is 311 g/mol. The summed E-state index contributed by atoms with van der Waals surface area (Å²) in [5.74, 6) is -0.256. The van der Waals surface area contributed by atoms with E-state index in [1.807, 2.05) is 51.4 Å². The lowest BCUT2D eigenvalue weighted by Gasteiger charge is -2.17. The van der Waals surface area contributed by atoms with Crippen molar-refractivity contribution in [3.05, 3.63) is 76.7 Å². The molecule has 25 heavy (non-hydrogen) atoms. The van der Waals surface area contributed by atoms with Gasteiger partial charge in [0.15, 0.2) is 6.20 Å². The second-order valence-electron chi connectivity index (χ2n) is 6.34. The van der Waals surface area contributed by atoms with Crippen molar-refractivity contribution in [3.63, 3.8) is 0 Å². The van der Waals surface area contributed by atoms with Crippen molar-refractivity contribution in [3.8, 4) is 28.5 Å². The van der Waals surface area contributed by atoms with Gasteiger partial charge in [-0.05, 0) is 61.2 Å².